The molecule has 0 atom stereocenters. The molecule has 0 bridgehead atoms. The Balaban J connectivity index is 1.62. The fourth-order valence-electron chi connectivity index (χ4n) is 2.79. The van der Waals surface area contributed by atoms with E-state index in [0.717, 1.165) is 4.90 Å². The number of carbonyl (C=O) groups excluding carboxylic acids is 1. The number of amides is 1. The average Bonchev–Trinajstić information content (AvgIpc) is 2.82. The number of hydrogen-bond donors (Lipinski definition) is 1. The second-order valence-electron chi connectivity index (χ2n) is 6.74. The Morgan fingerprint density at radius 2 is 1.64 bits per heavy atom. The summed E-state index contributed by atoms with van der Waals surface area (Å²) >= 11 is 8.44. The molecule has 4 nitrogen and oxygen atoms in total. The Labute approximate surface area is 202 Å². The molecule has 1 amide bonds. The van der Waals surface area contributed by atoms with Gasteiger partial charge in [0, 0.05) is 21.9 Å². The first kappa shape index (κ1) is 23.2. The van der Waals surface area contributed by atoms with Crippen LogP contribution in [0.15, 0.2) is 93.9 Å². The number of aromatic nitrogens is 2. The number of anilines is 1. The zero-order valence-electron chi connectivity index (χ0n) is 17.0. The van der Waals surface area contributed by atoms with E-state index >= 15 is 0 Å². The summed E-state index contributed by atoms with van der Waals surface area (Å²) in [7, 11) is 0. The summed E-state index contributed by atoms with van der Waals surface area (Å²) in [6, 6.07) is 19.4. The molecule has 0 radical (unpaired) electrons. The Morgan fingerprint density at radius 1 is 0.939 bits per heavy atom. The number of carbonyl (C=O) groups is 1. The maximum atomic E-state index is 14.1. The lowest BCUT2D eigenvalue weighted by Crippen LogP contribution is -2.16. The van der Waals surface area contributed by atoms with Crippen LogP contribution < -0.4 is 5.32 Å². The highest BCUT2D eigenvalue weighted by Gasteiger charge is 2.18. The van der Waals surface area contributed by atoms with Crippen molar-refractivity contribution in [3.8, 4) is 0 Å². The van der Waals surface area contributed by atoms with Crippen molar-refractivity contribution < 1.29 is 13.6 Å². The normalized spacial score (nSPS) is 10.8. The molecule has 33 heavy (non-hydrogen) atoms. The van der Waals surface area contributed by atoms with Crippen molar-refractivity contribution in [1.29, 1.82) is 0 Å². The van der Waals surface area contributed by atoms with Gasteiger partial charge in [0.05, 0.1) is 10.6 Å². The van der Waals surface area contributed by atoms with Crippen LogP contribution in [0.1, 0.15) is 16.1 Å². The lowest BCUT2D eigenvalue weighted by atomic mass is 10.2. The van der Waals surface area contributed by atoms with Gasteiger partial charge >= 0.3 is 0 Å². The van der Waals surface area contributed by atoms with E-state index < -0.39 is 11.7 Å². The van der Waals surface area contributed by atoms with Crippen LogP contribution >= 0.6 is 35.1 Å². The van der Waals surface area contributed by atoms with Crippen molar-refractivity contribution in [3.05, 3.63) is 107 Å². The van der Waals surface area contributed by atoms with E-state index in [2.05, 4.69) is 15.3 Å². The number of benzene rings is 3. The van der Waals surface area contributed by atoms with E-state index in [9.17, 15) is 13.6 Å². The number of hydrogen-bond acceptors (Lipinski definition) is 5. The number of thioether (sulfide) groups is 1. The van der Waals surface area contributed by atoms with Gasteiger partial charge in [0.15, 0.2) is 5.16 Å². The van der Waals surface area contributed by atoms with Gasteiger partial charge < -0.3 is 5.32 Å². The molecule has 0 aliphatic rings. The smallest absolute Gasteiger partial charge is 0.275 e. The minimum absolute atomic E-state index is 0.0455. The number of rotatable bonds is 7. The molecule has 4 aromatic rings. The molecule has 0 fully saturated rings. The van der Waals surface area contributed by atoms with E-state index in [1.54, 1.807) is 36.4 Å². The van der Waals surface area contributed by atoms with Crippen molar-refractivity contribution >= 4 is 46.7 Å². The molecule has 1 aromatic heterocycles. The molecule has 0 spiro atoms. The number of nitrogens with one attached hydrogen (secondary N) is 1. The molecule has 3 aromatic carbocycles. The van der Waals surface area contributed by atoms with Gasteiger partial charge in [-0.25, -0.2) is 18.7 Å². The number of para-hydroxylation sites is 1. The molecular formula is C24H16ClF2N3OS2. The molecule has 0 unspecified atom stereocenters. The van der Waals surface area contributed by atoms with Crippen molar-refractivity contribution in [2.45, 2.75) is 20.7 Å². The summed E-state index contributed by atoms with van der Waals surface area (Å²) in [5, 5.41) is 3.46. The van der Waals surface area contributed by atoms with Gasteiger partial charge in [0.1, 0.15) is 17.3 Å². The lowest BCUT2D eigenvalue weighted by molar-refractivity contribution is 0.101. The van der Waals surface area contributed by atoms with Crippen LogP contribution in [0.2, 0.25) is 5.02 Å². The fourth-order valence-corrected chi connectivity index (χ4v) is 4.59. The Bertz CT molecular complexity index is 1290. The highest BCUT2D eigenvalue weighted by molar-refractivity contribution is 7.99. The molecule has 0 saturated carbocycles. The summed E-state index contributed by atoms with van der Waals surface area (Å²) in [5.74, 6) is -1.16. The molecule has 1 N–H and O–H groups in total. The zero-order valence-corrected chi connectivity index (χ0v) is 19.4. The fraction of sp³-hybridized carbons (Fsp3) is 0.0417. The summed E-state index contributed by atoms with van der Waals surface area (Å²) in [5.41, 5.74) is 0.636. The molecule has 0 aliphatic carbocycles. The van der Waals surface area contributed by atoms with Crippen LogP contribution in [-0.2, 0) is 5.75 Å². The minimum atomic E-state index is -0.577. The van der Waals surface area contributed by atoms with E-state index in [4.69, 9.17) is 11.6 Å². The number of halogens is 3. The maximum Gasteiger partial charge on any atom is 0.275 e. The highest BCUT2D eigenvalue weighted by Crippen LogP contribution is 2.32. The minimum Gasteiger partial charge on any atom is -0.318 e. The van der Waals surface area contributed by atoms with Crippen molar-refractivity contribution in [3.63, 3.8) is 0 Å². The van der Waals surface area contributed by atoms with Gasteiger partial charge in [-0.1, -0.05) is 65.5 Å². The van der Waals surface area contributed by atoms with Crippen LogP contribution in [0.25, 0.3) is 0 Å². The van der Waals surface area contributed by atoms with Gasteiger partial charge in [-0.05, 0) is 48.0 Å². The Morgan fingerprint density at radius 3 is 2.36 bits per heavy atom. The van der Waals surface area contributed by atoms with Crippen molar-refractivity contribution in [1.82, 2.24) is 9.97 Å². The summed E-state index contributed by atoms with van der Waals surface area (Å²) in [6.07, 6.45) is 1.53. The van der Waals surface area contributed by atoms with Gasteiger partial charge in [0.2, 0.25) is 0 Å². The predicted octanol–water partition coefficient (Wildman–Crippen LogP) is 7.10. The van der Waals surface area contributed by atoms with Crippen LogP contribution in [0.3, 0.4) is 0 Å². The van der Waals surface area contributed by atoms with Crippen LogP contribution in [0.5, 0.6) is 0 Å². The van der Waals surface area contributed by atoms with E-state index in [0.29, 0.717) is 26.4 Å². The maximum absolute atomic E-state index is 14.1. The first-order valence-electron chi connectivity index (χ1n) is 9.72. The molecule has 166 valence electrons. The van der Waals surface area contributed by atoms with Gasteiger partial charge in [0.25, 0.3) is 5.91 Å². The van der Waals surface area contributed by atoms with E-state index in [-0.39, 0.29) is 17.2 Å². The largest absolute Gasteiger partial charge is 0.318 e. The second kappa shape index (κ2) is 10.8. The molecule has 9 heteroatoms. The number of nitrogens with zero attached hydrogens (tertiary/aromatic N) is 2. The third-order valence-corrected chi connectivity index (χ3v) is 6.62. The topological polar surface area (TPSA) is 54.9 Å². The monoisotopic (exact) mass is 499 g/mol. The van der Waals surface area contributed by atoms with E-state index in [1.807, 2.05) is 12.1 Å². The summed E-state index contributed by atoms with van der Waals surface area (Å²) in [6.45, 7) is 0. The van der Waals surface area contributed by atoms with Crippen LogP contribution in [0, 0.1) is 11.6 Å². The van der Waals surface area contributed by atoms with Crippen molar-refractivity contribution in [2.75, 3.05) is 5.32 Å². The van der Waals surface area contributed by atoms with E-state index in [1.165, 1.54) is 54.0 Å². The molecule has 0 saturated heterocycles. The zero-order chi connectivity index (χ0) is 23.2. The first-order valence-corrected chi connectivity index (χ1v) is 11.9. The van der Waals surface area contributed by atoms with Crippen LogP contribution in [-0.4, -0.2) is 15.9 Å². The van der Waals surface area contributed by atoms with Gasteiger partial charge in [-0.15, -0.1) is 0 Å². The molecule has 0 aliphatic heterocycles. The average molecular weight is 500 g/mol. The third kappa shape index (κ3) is 6.10. The van der Waals surface area contributed by atoms with Crippen LogP contribution in [0.4, 0.5) is 14.5 Å². The molecule has 1 heterocycles. The second-order valence-corrected chi connectivity index (χ2v) is 9.23. The Kier molecular flexibility index (Phi) is 7.59. The van der Waals surface area contributed by atoms with Crippen molar-refractivity contribution in [2.24, 2.45) is 0 Å². The lowest BCUT2D eigenvalue weighted by Gasteiger charge is -2.11. The Hall–Kier alpha value is -2.94. The standard InChI is InChI=1S/C24H16ClF2N3OS2/c25-16-9-11-17(12-10-16)33-21-13-28-24(32-14-15-5-1-2-6-18(15)26)30-22(21)23(31)29-20-8-4-3-7-19(20)27/h1-13H,14H2,(H,29,31). The van der Waals surface area contributed by atoms with Gasteiger partial charge in [-0.3, -0.25) is 4.79 Å². The molecule has 4 rings (SSSR count). The summed E-state index contributed by atoms with van der Waals surface area (Å²) < 4.78 is 28.0. The molecular weight excluding hydrogens is 484 g/mol. The summed E-state index contributed by atoms with van der Waals surface area (Å²) in [4.78, 5) is 23.1. The highest BCUT2D eigenvalue weighted by atomic mass is 35.5. The first-order chi connectivity index (χ1) is 16.0. The predicted molar refractivity (Wildman–Crippen MR) is 128 cm³/mol. The van der Waals surface area contributed by atoms with Gasteiger partial charge in [-0.2, -0.15) is 0 Å². The quantitative estimate of drug-likeness (QED) is 0.217. The third-order valence-electron chi connectivity index (χ3n) is 4.43. The SMILES string of the molecule is O=C(Nc1ccccc1F)c1nc(SCc2ccccc2F)ncc1Sc1ccc(Cl)cc1.